The van der Waals surface area contributed by atoms with Gasteiger partial charge in [-0.1, -0.05) is 15.9 Å². The quantitative estimate of drug-likeness (QED) is 0.273. The zero-order valence-electron chi connectivity index (χ0n) is 18.8. The van der Waals surface area contributed by atoms with Crippen LogP contribution in [0.5, 0.6) is 5.75 Å². The molecule has 0 saturated carbocycles. The van der Waals surface area contributed by atoms with Gasteiger partial charge in [-0.25, -0.2) is 13.2 Å². The van der Waals surface area contributed by atoms with Gasteiger partial charge in [0, 0.05) is 34.5 Å². The molecule has 0 radical (unpaired) electrons. The lowest BCUT2D eigenvalue weighted by molar-refractivity contribution is -0.143. The average Bonchev–Trinajstić information content (AvgIpc) is 2.74. The summed E-state index contributed by atoms with van der Waals surface area (Å²) < 4.78 is 40.5. The molecule has 0 bridgehead atoms. The first-order chi connectivity index (χ1) is 15.1. The van der Waals surface area contributed by atoms with Crippen molar-refractivity contribution in [2.24, 2.45) is 10.9 Å². The minimum Gasteiger partial charge on any atom is -0.493 e. The number of methoxy groups -OCH3 is 2. The second-order valence-corrected chi connectivity index (χ2v) is 10.2. The van der Waals surface area contributed by atoms with Crippen LogP contribution in [0.15, 0.2) is 39.4 Å². The van der Waals surface area contributed by atoms with Crippen LogP contribution in [0.1, 0.15) is 38.2 Å². The van der Waals surface area contributed by atoms with E-state index in [1.165, 1.54) is 26.4 Å². The summed E-state index contributed by atoms with van der Waals surface area (Å²) in [6.07, 6.45) is 2.75. The van der Waals surface area contributed by atoms with Crippen molar-refractivity contribution < 1.29 is 32.2 Å². The Balaban J connectivity index is 2.77. The predicted molar refractivity (Wildman–Crippen MR) is 124 cm³/mol. The molecule has 1 aromatic carbocycles. The van der Waals surface area contributed by atoms with Gasteiger partial charge in [-0.15, -0.1) is 0 Å². The van der Waals surface area contributed by atoms with E-state index in [0.717, 1.165) is 24.4 Å². The highest BCUT2D eigenvalue weighted by Crippen LogP contribution is 2.44. The molecular formula is C22H28BrNO7S. The van der Waals surface area contributed by atoms with Crippen molar-refractivity contribution in [3.8, 4) is 5.75 Å². The van der Waals surface area contributed by atoms with Crippen molar-refractivity contribution in [1.82, 2.24) is 0 Å². The molecule has 1 aliphatic rings. The summed E-state index contributed by atoms with van der Waals surface area (Å²) in [5, 5.41) is 0.827. The fraction of sp³-hybridized carbons (Fsp3) is 0.500. The number of rotatable bonds is 9. The number of hydrogen-bond acceptors (Lipinski definition) is 8. The number of aliphatic imine (C=N–C) groups is 1. The fourth-order valence-electron chi connectivity index (χ4n) is 3.69. The lowest BCUT2D eigenvalue weighted by Crippen LogP contribution is -2.36. The van der Waals surface area contributed by atoms with E-state index < -0.39 is 33.6 Å². The number of esters is 2. The number of carbonyl (C=O) groups excluding carboxylic acids is 2. The van der Waals surface area contributed by atoms with Crippen molar-refractivity contribution in [2.45, 2.75) is 37.5 Å². The standard InChI is InChI=1S/C22H28BrNO7S/c1-13-18(21(25)29-3)20(19(14(2)24-13)22(26)30-4)16-12-15(32(5,27)28)8-9-17(16)31-11-7-6-10-23/h8-9,12,18,20H,6-7,10-11H2,1-5H3. The zero-order chi connectivity index (χ0) is 24.1. The molecule has 2 unspecified atom stereocenters. The van der Waals surface area contributed by atoms with Crippen molar-refractivity contribution >= 4 is 43.4 Å². The van der Waals surface area contributed by atoms with E-state index in [9.17, 15) is 18.0 Å². The maximum absolute atomic E-state index is 12.8. The number of unbranched alkanes of at least 4 members (excludes halogenated alkanes) is 1. The Labute approximate surface area is 197 Å². The van der Waals surface area contributed by atoms with Gasteiger partial charge in [0.25, 0.3) is 0 Å². The molecule has 0 aromatic heterocycles. The third-order valence-electron chi connectivity index (χ3n) is 5.22. The Kier molecular flexibility index (Phi) is 9.03. The van der Waals surface area contributed by atoms with E-state index in [4.69, 9.17) is 14.2 Å². The van der Waals surface area contributed by atoms with Crippen molar-refractivity contribution in [3.05, 3.63) is 35.0 Å². The highest BCUT2D eigenvalue weighted by Gasteiger charge is 2.43. The predicted octanol–water partition coefficient (Wildman–Crippen LogP) is 3.44. The largest absolute Gasteiger partial charge is 0.493 e. The molecule has 0 N–H and O–H groups in total. The minimum atomic E-state index is -3.56. The topological polar surface area (TPSA) is 108 Å². The summed E-state index contributed by atoms with van der Waals surface area (Å²) in [6, 6.07) is 4.45. The van der Waals surface area contributed by atoms with E-state index in [-0.39, 0.29) is 10.5 Å². The Morgan fingerprint density at radius 2 is 1.81 bits per heavy atom. The smallest absolute Gasteiger partial charge is 0.336 e. The first-order valence-corrected chi connectivity index (χ1v) is 13.0. The van der Waals surface area contributed by atoms with Crippen LogP contribution in [0.3, 0.4) is 0 Å². The normalized spacial score (nSPS) is 18.8. The number of hydrogen-bond donors (Lipinski definition) is 0. The maximum atomic E-state index is 12.8. The van der Waals surface area contributed by atoms with Gasteiger partial charge in [0.1, 0.15) is 11.7 Å². The van der Waals surface area contributed by atoms with Crippen LogP contribution in [-0.2, 0) is 28.9 Å². The summed E-state index contributed by atoms with van der Waals surface area (Å²) in [5.41, 5.74) is 1.37. The van der Waals surface area contributed by atoms with Gasteiger partial charge in [0.15, 0.2) is 9.84 Å². The minimum absolute atomic E-state index is 0.0472. The molecule has 0 aliphatic carbocycles. The molecule has 32 heavy (non-hydrogen) atoms. The molecule has 0 amide bonds. The molecule has 10 heteroatoms. The molecule has 8 nitrogen and oxygen atoms in total. The third-order valence-corrected chi connectivity index (χ3v) is 6.89. The summed E-state index contributed by atoms with van der Waals surface area (Å²) in [5.74, 6) is -2.71. The summed E-state index contributed by atoms with van der Waals surface area (Å²) >= 11 is 3.38. The summed E-state index contributed by atoms with van der Waals surface area (Å²) in [4.78, 5) is 29.9. The first-order valence-electron chi connectivity index (χ1n) is 10.0. The number of benzene rings is 1. The molecule has 1 aromatic rings. The van der Waals surface area contributed by atoms with E-state index in [2.05, 4.69) is 20.9 Å². The monoisotopic (exact) mass is 529 g/mol. The second-order valence-electron chi connectivity index (χ2n) is 7.44. The average molecular weight is 530 g/mol. The first kappa shape index (κ1) is 26.1. The van der Waals surface area contributed by atoms with Gasteiger partial charge < -0.3 is 14.2 Å². The Morgan fingerprint density at radius 3 is 2.38 bits per heavy atom. The molecule has 0 saturated heterocycles. The third kappa shape index (κ3) is 5.78. The highest BCUT2D eigenvalue weighted by atomic mass is 79.9. The number of ether oxygens (including phenoxy) is 3. The van der Waals surface area contributed by atoms with Gasteiger partial charge >= 0.3 is 11.9 Å². The number of sulfone groups is 1. The van der Waals surface area contributed by atoms with Crippen LogP contribution >= 0.6 is 15.9 Å². The van der Waals surface area contributed by atoms with Gasteiger partial charge in [0.05, 0.1) is 31.3 Å². The van der Waals surface area contributed by atoms with Crippen molar-refractivity contribution in [3.63, 3.8) is 0 Å². The Morgan fingerprint density at radius 1 is 1.12 bits per heavy atom. The second kappa shape index (κ2) is 11.1. The maximum Gasteiger partial charge on any atom is 0.336 e. The number of nitrogens with zero attached hydrogens (tertiary/aromatic N) is 1. The molecule has 2 rings (SSSR count). The van der Waals surface area contributed by atoms with Gasteiger partial charge in [-0.2, -0.15) is 0 Å². The molecule has 0 spiro atoms. The number of alkyl halides is 1. The zero-order valence-corrected chi connectivity index (χ0v) is 21.2. The molecule has 176 valence electrons. The van der Waals surface area contributed by atoms with Crippen LogP contribution in [-0.4, -0.2) is 58.5 Å². The van der Waals surface area contributed by atoms with Crippen LogP contribution < -0.4 is 4.74 Å². The van der Waals surface area contributed by atoms with Crippen LogP contribution in [0, 0.1) is 5.92 Å². The van der Waals surface area contributed by atoms with E-state index in [1.807, 2.05) is 0 Å². The van der Waals surface area contributed by atoms with Crippen LogP contribution in [0.2, 0.25) is 0 Å². The van der Waals surface area contributed by atoms with E-state index in [1.54, 1.807) is 19.9 Å². The van der Waals surface area contributed by atoms with Gasteiger partial charge in [-0.05, 0) is 44.9 Å². The SMILES string of the molecule is COC(=O)C1=C(C)N=C(C)C(C(=O)OC)C1c1cc(S(C)(=O)=O)ccc1OCCCCBr. The van der Waals surface area contributed by atoms with E-state index in [0.29, 0.717) is 29.3 Å². The Hall–Kier alpha value is -2.20. The molecule has 1 aliphatic heterocycles. The highest BCUT2D eigenvalue weighted by molar-refractivity contribution is 9.09. The number of allylic oxidation sites excluding steroid dienone is 1. The number of halogens is 1. The summed E-state index contributed by atoms with van der Waals surface area (Å²) in [7, 11) is -1.07. The molecule has 1 heterocycles. The molecule has 2 atom stereocenters. The summed E-state index contributed by atoms with van der Waals surface area (Å²) in [6.45, 7) is 3.70. The number of carbonyl (C=O) groups is 2. The fourth-order valence-corrected chi connectivity index (χ4v) is 4.74. The van der Waals surface area contributed by atoms with Crippen LogP contribution in [0.25, 0.3) is 0 Å². The lowest BCUT2D eigenvalue weighted by Gasteiger charge is -2.32. The van der Waals surface area contributed by atoms with Gasteiger partial charge in [0.2, 0.25) is 0 Å². The van der Waals surface area contributed by atoms with Crippen molar-refractivity contribution in [2.75, 3.05) is 32.4 Å². The molecule has 0 fully saturated rings. The van der Waals surface area contributed by atoms with Crippen molar-refractivity contribution in [1.29, 1.82) is 0 Å². The van der Waals surface area contributed by atoms with Crippen LogP contribution in [0.4, 0.5) is 0 Å². The van der Waals surface area contributed by atoms with Gasteiger partial charge in [-0.3, -0.25) is 9.79 Å². The molecular weight excluding hydrogens is 502 g/mol. The van der Waals surface area contributed by atoms with E-state index >= 15 is 0 Å². The lowest BCUT2D eigenvalue weighted by atomic mass is 9.75. The Bertz CT molecular complexity index is 1050.